The van der Waals surface area contributed by atoms with Gasteiger partial charge < -0.3 is 5.11 Å². The Morgan fingerprint density at radius 1 is 1.14 bits per heavy atom. The van der Waals surface area contributed by atoms with E-state index in [9.17, 15) is 8.42 Å². The van der Waals surface area contributed by atoms with E-state index < -0.39 is 10.0 Å². The SMILES string of the molecule is CCCCCCCCNS(=O)(=O)c1cc(CO)ccc1Br. The number of hydrogen-bond donors (Lipinski definition) is 2. The van der Waals surface area contributed by atoms with Crippen LogP contribution in [0.5, 0.6) is 0 Å². The van der Waals surface area contributed by atoms with Crippen molar-refractivity contribution < 1.29 is 13.5 Å². The summed E-state index contributed by atoms with van der Waals surface area (Å²) in [5, 5.41) is 9.10. The molecule has 4 nitrogen and oxygen atoms in total. The van der Waals surface area contributed by atoms with Gasteiger partial charge in [0.25, 0.3) is 0 Å². The number of hydrogen-bond acceptors (Lipinski definition) is 3. The molecule has 0 bridgehead atoms. The predicted octanol–water partition coefficient (Wildman–Crippen LogP) is 3.58. The van der Waals surface area contributed by atoms with Crippen molar-refractivity contribution in [3.05, 3.63) is 28.2 Å². The maximum Gasteiger partial charge on any atom is 0.241 e. The van der Waals surface area contributed by atoms with Gasteiger partial charge in [0.05, 0.1) is 11.5 Å². The van der Waals surface area contributed by atoms with E-state index in [0.717, 1.165) is 19.3 Å². The molecule has 6 heteroatoms. The average Bonchev–Trinajstić information content (AvgIpc) is 2.46. The molecule has 0 saturated heterocycles. The summed E-state index contributed by atoms with van der Waals surface area (Å²) >= 11 is 3.25. The Morgan fingerprint density at radius 3 is 2.48 bits per heavy atom. The van der Waals surface area contributed by atoms with Crippen LogP contribution in [0.15, 0.2) is 27.6 Å². The summed E-state index contributed by atoms with van der Waals surface area (Å²) in [6.07, 6.45) is 6.71. The van der Waals surface area contributed by atoms with Gasteiger partial charge in [0, 0.05) is 11.0 Å². The number of aliphatic hydroxyl groups excluding tert-OH is 1. The van der Waals surface area contributed by atoms with E-state index in [1.807, 2.05) is 0 Å². The van der Waals surface area contributed by atoms with Crippen molar-refractivity contribution in [1.82, 2.24) is 4.72 Å². The van der Waals surface area contributed by atoms with Gasteiger partial charge in [-0.15, -0.1) is 0 Å². The summed E-state index contributed by atoms with van der Waals surface area (Å²) in [5.74, 6) is 0. The van der Waals surface area contributed by atoms with Crippen LogP contribution < -0.4 is 4.72 Å². The van der Waals surface area contributed by atoms with Crippen LogP contribution in [0.2, 0.25) is 0 Å². The molecule has 0 atom stereocenters. The van der Waals surface area contributed by atoms with Crippen LogP contribution in [0.1, 0.15) is 51.0 Å². The van der Waals surface area contributed by atoms with Crippen molar-refractivity contribution in [2.45, 2.75) is 57.0 Å². The molecule has 120 valence electrons. The number of benzene rings is 1. The van der Waals surface area contributed by atoms with Crippen LogP contribution in [0, 0.1) is 0 Å². The monoisotopic (exact) mass is 377 g/mol. The molecular formula is C15H24BrNO3S. The third-order valence-electron chi connectivity index (χ3n) is 3.29. The van der Waals surface area contributed by atoms with Crippen molar-refractivity contribution in [1.29, 1.82) is 0 Å². The third kappa shape index (κ3) is 6.46. The minimum atomic E-state index is -3.53. The highest BCUT2D eigenvalue weighted by Crippen LogP contribution is 2.23. The quantitative estimate of drug-likeness (QED) is 0.612. The number of sulfonamides is 1. The van der Waals surface area contributed by atoms with Crippen molar-refractivity contribution >= 4 is 26.0 Å². The highest BCUT2D eigenvalue weighted by Gasteiger charge is 2.17. The van der Waals surface area contributed by atoms with Gasteiger partial charge in [0.2, 0.25) is 10.0 Å². The Kier molecular flexibility index (Phi) is 8.48. The lowest BCUT2D eigenvalue weighted by molar-refractivity contribution is 0.281. The van der Waals surface area contributed by atoms with Crippen LogP contribution in [0.25, 0.3) is 0 Å². The normalized spacial score (nSPS) is 11.8. The lowest BCUT2D eigenvalue weighted by Crippen LogP contribution is -2.25. The van der Waals surface area contributed by atoms with E-state index in [0.29, 0.717) is 16.6 Å². The zero-order valence-corrected chi connectivity index (χ0v) is 14.8. The standard InChI is InChI=1S/C15H24BrNO3S/c1-2-3-4-5-6-7-10-17-21(19,20)15-11-13(12-18)8-9-14(15)16/h8-9,11,17-18H,2-7,10,12H2,1H3. The van der Waals surface area contributed by atoms with Crippen LogP contribution in [-0.4, -0.2) is 20.1 Å². The lowest BCUT2D eigenvalue weighted by Gasteiger charge is -2.09. The Hall–Kier alpha value is -0.430. The summed E-state index contributed by atoms with van der Waals surface area (Å²) in [6, 6.07) is 4.83. The van der Waals surface area contributed by atoms with Gasteiger partial charge in [-0.3, -0.25) is 0 Å². The third-order valence-corrected chi connectivity index (χ3v) is 5.75. The number of nitrogens with one attached hydrogen (secondary N) is 1. The van der Waals surface area contributed by atoms with E-state index in [1.165, 1.54) is 25.3 Å². The molecule has 0 amide bonds. The molecule has 0 saturated carbocycles. The first kappa shape index (κ1) is 18.6. The van der Waals surface area contributed by atoms with E-state index in [4.69, 9.17) is 5.11 Å². The van der Waals surface area contributed by atoms with Crippen molar-refractivity contribution in [3.8, 4) is 0 Å². The molecule has 1 aromatic rings. The summed E-state index contributed by atoms with van der Waals surface area (Å²) < 4.78 is 27.6. The Labute approximate surface area is 136 Å². The molecular weight excluding hydrogens is 354 g/mol. The Balaban J connectivity index is 2.50. The lowest BCUT2D eigenvalue weighted by atomic mass is 10.1. The van der Waals surface area contributed by atoms with E-state index in [2.05, 4.69) is 27.6 Å². The van der Waals surface area contributed by atoms with E-state index >= 15 is 0 Å². The van der Waals surface area contributed by atoms with Crippen LogP contribution in [-0.2, 0) is 16.6 Å². The van der Waals surface area contributed by atoms with Gasteiger partial charge >= 0.3 is 0 Å². The summed E-state index contributed by atoms with van der Waals surface area (Å²) in [6.45, 7) is 2.45. The van der Waals surface area contributed by atoms with E-state index in [-0.39, 0.29) is 11.5 Å². The highest BCUT2D eigenvalue weighted by atomic mass is 79.9. The number of halogens is 1. The fourth-order valence-corrected chi connectivity index (χ4v) is 4.13. The minimum absolute atomic E-state index is 0.173. The van der Waals surface area contributed by atoms with Gasteiger partial charge in [-0.05, 0) is 40.0 Å². The number of aliphatic hydroxyl groups is 1. The van der Waals surface area contributed by atoms with Gasteiger partial charge in [-0.1, -0.05) is 45.1 Å². The largest absolute Gasteiger partial charge is 0.392 e. The molecule has 0 fully saturated rings. The number of rotatable bonds is 10. The maximum absolute atomic E-state index is 12.2. The van der Waals surface area contributed by atoms with Crippen molar-refractivity contribution in [2.24, 2.45) is 0 Å². The topological polar surface area (TPSA) is 66.4 Å². The van der Waals surface area contributed by atoms with Crippen LogP contribution >= 0.6 is 15.9 Å². The first-order valence-electron chi connectivity index (χ1n) is 7.40. The molecule has 2 N–H and O–H groups in total. The molecule has 1 aromatic carbocycles. The zero-order chi connectivity index (χ0) is 15.7. The molecule has 0 heterocycles. The van der Waals surface area contributed by atoms with Gasteiger partial charge in [-0.25, -0.2) is 13.1 Å². The molecule has 0 aliphatic rings. The molecule has 0 aliphatic carbocycles. The summed E-state index contributed by atoms with van der Waals surface area (Å²) in [5.41, 5.74) is 0.582. The molecule has 0 unspecified atom stereocenters. The summed E-state index contributed by atoms with van der Waals surface area (Å²) in [7, 11) is -3.53. The molecule has 0 aromatic heterocycles. The summed E-state index contributed by atoms with van der Waals surface area (Å²) in [4.78, 5) is 0.181. The molecule has 0 radical (unpaired) electrons. The first-order chi connectivity index (χ1) is 10.0. The predicted molar refractivity (Wildman–Crippen MR) is 88.6 cm³/mol. The van der Waals surface area contributed by atoms with E-state index in [1.54, 1.807) is 12.1 Å². The Bertz CT molecular complexity index is 532. The second-order valence-electron chi connectivity index (χ2n) is 5.09. The maximum atomic E-state index is 12.2. The van der Waals surface area contributed by atoms with Gasteiger partial charge in [-0.2, -0.15) is 0 Å². The van der Waals surface area contributed by atoms with Crippen molar-refractivity contribution in [2.75, 3.05) is 6.54 Å². The first-order valence-corrected chi connectivity index (χ1v) is 9.68. The molecule has 21 heavy (non-hydrogen) atoms. The van der Waals surface area contributed by atoms with Gasteiger partial charge in [0.1, 0.15) is 0 Å². The van der Waals surface area contributed by atoms with Crippen LogP contribution in [0.4, 0.5) is 0 Å². The molecule has 0 spiro atoms. The Morgan fingerprint density at radius 2 is 1.81 bits per heavy atom. The zero-order valence-electron chi connectivity index (χ0n) is 12.4. The molecule has 1 rings (SSSR count). The fraction of sp³-hybridized carbons (Fsp3) is 0.600. The van der Waals surface area contributed by atoms with Gasteiger partial charge in [0.15, 0.2) is 0 Å². The fourth-order valence-electron chi connectivity index (χ4n) is 2.04. The highest BCUT2D eigenvalue weighted by molar-refractivity contribution is 9.10. The van der Waals surface area contributed by atoms with Crippen LogP contribution in [0.3, 0.4) is 0 Å². The second-order valence-corrected chi connectivity index (χ2v) is 7.68. The smallest absolute Gasteiger partial charge is 0.241 e. The second kappa shape index (κ2) is 9.56. The van der Waals surface area contributed by atoms with Crippen molar-refractivity contribution in [3.63, 3.8) is 0 Å². The average molecular weight is 378 g/mol. The molecule has 0 aliphatic heterocycles. The number of unbranched alkanes of at least 4 members (excludes halogenated alkanes) is 5. The minimum Gasteiger partial charge on any atom is -0.392 e.